The van der Waals surface area contributed by atoms with Gasteiger partial charge in [0, 0.05) is 11.4 Å². The highest BCUT2D eigenvalue weighted by Gasteiger charge is 2.50. The van der Waals surface area contributed by atoms with Crippen molar-refractivity contribution in [3.8, 4) is 0 Å². The lowest BCUT2D eigenvalue weighted by Crippen LogP contribution is -2.48. The standard InChI is InChI=1S/C14H17ClO6/c1-2-21-13(20)14(12(18)19,7-11(17)8-16)9-3-5-10(15)6-4-9/h3-6,11,16-17H,2,7-8H2,1H3,(H,18,19). The minimum absolute atomic E-state index is 0.00330. The zero-order valence-electron chi connectivity index (χ0n) is 11.5. The van der Waals surface area contributed by atoms with Gasteiger partial charge >= 0.3 is 11.9 Å². The van der Waals surface area contributed by atoms with Gasteiger partial charge in [-0.3, -0.25) is 9.59 Å². The molecule has 21 heavy (non-hydrogen) atoms. The van der Waals surface area contributed by atoms with Crippen LogP contribution >= 0.6 is 11.6 Å². The molecule has 2 unspecified atom stereocenters. The molecule has 1 aromatic carbocycles. The number of esters is 1. The van der Waals surface area contributed by atoms with Gasteiger partial charge in [-0.15, -0.1) is 0 Å². The molecule has 0 aliphatic heterocycles. The largest absolute Gasteiger partial charge is 0.480 e. The summed E-state index contributed by atoms with van der Waals surface area (Å²) in [5.41, 5.74) is -1.96. The third-order valence-corrected chi connectivity index (χ3v) is 3.33. The van der Waals surface area contributed by atoms with Crippen LogP contribution in [0, 0.1) is 0 Å². The molecule has 0 amide bonds. The van der Waals surface area contributed by atoms with Crippen molar-refractivity contribution in [1.82, 2.24) is 0 Å². The maximum atomic E-state index is 12.2. The van der Waals surface area contributed by atoms with Crippen LogP contribution in [-0.2, 0) is 19.7 Å². The van der Waals surface area contributed by atoms with Gasteiger partial charge in [0.25, 0.3) is 0 Å². The van der Waals surface area contributed by atoms with Crippen LogP contribution in [0.1, 0.15) is 18.9 Å². The van der Waals surface area contributed by atoms with Crippen molar-refractivity contribution in [2.75, 3.05) is 13.2 Å². The fourth-order valence-electron chi connectivity index (χ4n) is 2.02. The molecule has 0 saturated carbocycles. The van der Waals surface area contributed by atoms with Gasteiger partial charge in [0.15, 0.2) is 5.41 Å². The number of hydrogen-bond acceptors (Lipinski definition) is 5. The molecule has 0 saturated heterocycles. The first-order valence-electron chi connectivity index (χ1n) is 6.34. The number of ether oxygens (including phenoxy) is 1. The van der Waals surface area contributed by atoms with Gasteiger partial charge in [0.2, 0.25) is 0 Å². The van der Waals surface area contributed by atoms with Crippen molar-refractivity contribution < 1.29 is 29.6 Å². The Morgan fingerprint density at radius 1 is 1.33 bits per heavy atom. The van der Waals surface area contributed by atoms with E-state index in [9.17, 15) is 19.8 Å². The lowest BCUT2D eigenvalue weighted by molar-refractivity contribution is -0.163. The van der Waals surface area contributed by atoms with E-state index in [1.165, 1.54) is 24.3 Å². The van der Waals surface area contributed by atoms with Gasteiger partial charge in [0.1, 0.15) is 0 Å². The predicted octanol–water partition coefficient (Wildman–Crippen LogP) is 0.969. The van der Waals surface area contributed by atoms with E-state index in [1.54, 1.807) is 6.92 Å². The number of aliphatic hydroxyl groups excluding tert-OH is 2. The van der Waals surface area contributed by atoms with E-state index in [0.717, 1.165) is 0 Å². The minimum atomic E-state index is -2.09. The Bertz CT molecular complexity index is 501. The minimum Gasteiger partial charge on any atom is -0.480 e. The Balaban J connectivity index is 3.39. The second kappa shape index (κ2) is 7.40. The quantitative estimate of drug-likeness (QED) is 0.511. The SMILES string of the molecule is CCOC(=O)C(CC(O)CO)(C(=O)O)c1ccc(Cl)cc1. The molecule has 1 aromatic rings. The number of aliphatic carboxylic acids is 1. The molecule has 0 radical (unpaired) electrons. The maximum absolute atomic E-state index is 12.2. The van der Waals surface area contributed by atoms with Crippen LogP contribution in [-0.4, -0.2) is 46.6 Å². The first kappa shape index (κ1) is 17.4. The summed E-state index contributed by atoms with van der Waals surface area (Å²) in [6.45, 7) is 0.882. The van der Waals surface area contributed by atoms with E-state index in [-0.39, 0.29) is 12.2 Å². The Morgan fingerprint density at radius 3 is 2.33 bits per heavy atom. The van der Waals surface area contributed by atoms with Crippen molar-refractivity contribution in [2.45, 2.75) is 24.9 Å². The third-order valence-electron chi connectivity index (χ3n) is 3.08. The molecule has 0 fully saturated rings. The molecular weight excluding hydrogens is 300 g/mol. The monoisotopic (exact) mass is 316 g/mol. The summed E-state index contributed by atoms with van der Waals surface area (Å²) in [7, 11) is 0. The number of rotatable bonds is 7. The summed E-state index contributed by atoms with van der Waals surface area (Å²) in [6, 6.07) is 5.66. The first-order chi connectivity index (χ1) is 9.88. The number of halogens is 1. The zero-order valence-corrected chi connectivity index (χ0v) is 12.2. The summed E-state index contributed by atoms with van der Waals surface area (Å²) in [4.78, 5) is 24.0. The summed E-state index contributed by atoms with van der Waals surface area (Å²) in [5.74, 6) is -2.46. The molecule has 0 bridgehead atoms. The molecule has 0 aliphatic carbocycles. The van der Waals surface area contributed by atoms with Gasteiger partial charge in [0.05, 0.1) is 19.3 Å². The Morgan fingerprint density at radius 2 is 1.90 bits per heavy atom. The van der Waals surface area contributed by atoms with Gasteiger partial charge in [-0.05, 0) is 24.6 Å². The second-order valence-electron chi connectivity index (χ2n) is 4.48. The predicted molar refractivity (Wildman–Crippen MR) is 75.1 cm³/mol. The van der Waals surface area contributed by atoms with E-state index in [2.05, 4.69) is 0 Å². The van der Waals surface area contributed by atoms with Crippen LogP contribution in [0.15, 0.2) is 24.3 Å². The van der Waals surface area contributed by atoms with Crippen LogP contribution < -0.4 is 0 Å². The van der Waals surface area contributed by atoms with Crippen molar-refractivity contribution in [1.29, 1.82) is 0 Å². The molecule has 0 heterocycles. The van der Waals surface area contributed by atoms with E-state index < -0.39 is 36.5 Å². The average molecular weight is 317 g/mol. The molecule has 7 heteroatoms. The number of carboxylic acid groups (broad SMARTS) is 1. The summed E-state index contributed by atoms with van der Waals surface area (Å²) in [5, 5.41) is 28.5. The van der Waals surface area contributed by atoms with Gasteiger partial charge in [-0.25, -0.2) is 0 Å². The number of hydrogen-bond donors (Lipinski definition) is 3. The normalized spacial score (nSPS) is 15.0. The highest BCUT2D eigenvalue weighted by molar-refractivity contribution is 6.30. The number of carbonyl (C=O) groups excluding carboxylic acids is 1. The van der Waals surface area contributed by atoms with Crippen LogP contribution in [0.25, 0.3) is 0 Å². The van der Waals surface area contributed by atoms with E-state index >= 15 is 0 Å². The number of benzene rings is 1. The summed E-state index contributed by atoms with van der Waals surface area (Å²) >= 11 is 5.76. The van der Waals surface area contributed by atoms with Crippen LogP contribution in [0.4, 0.5) is 0 Å². The third kappa shape index (κ3) is 3.72. The molecule has 3 N–H and O–H groups in total. The Hall–Kier alpha value is -1.63. The number of carboxylic acids is 1. The molecule has 0 spiro atoms. The number of aliphatic hydroxyl groups is 2. The zero-order chi connectivity index (χ0) is 16.0. The van der Waals surface area contributed by atoms with E-state index in [0.29, 0.717) is 5.02 Å². The maximum Gasteiger partial charge on any atom is 0.328 e. The van der Waals surface area contributed by atoms with Gasteiger partial charge in [-0.1, -0.05) is 23.7 Å². The Kier molecular flexibility index (Phi) is 6.14. The fourth-order valence-corrected chi connectivity index (χ4v) is 2.15. The fraction of sp³-hybridized carbons (Fsp3) is 0.429. The highest BCUT2D eigenvalue weighted by atomic mass is 35.5. The summed E-state index contributed by atoms with van der Waals surface area (Å²) in [6.07, 6.45) is -1.87. The highest BCUT2D eigenvalue weighted by Crippen LogP contribution is 2.32. The van der Waals surface area contributed by atoms with Crippen molar-refractivity contribution in [3.63, 3.8) is 0 Å². The average Bonchev–Trinajstić information content (AvgIpc) is 2.45. The van der Waals surface area contributed by atoms with Crippen molar-refractivity contribution >= 4 is 23.5 Å². The van der Waals surface area contributed by atoms with Crippen LogP contribution in [0.3, 0.4) is 0 Å². The van der Waals surface area contributed by atoms with Gasteiger partial charge < -0.3 is 20.1 Å². The topological polar surface area (TPSA) is 104 Å². The van der Waals surface area contributed by atoms with Crippen molar-refractivity contribution in [3.05, 3.63) is 34.9 Å². The second-order valence-corrected chi connectivity index (χ2v) is 4.91. The molecule has 0 aliphatic rings. The van der Waals surface area contributed by atoms with Gasteiger partial charge in [-0.2, -0.15) is 0 Å². The van der Waals surface area contributed by atoms with Crippen molar-refractivity contribution in [2.24, 2.45) is 0 Å². The first-order valence-corrected chi connectivity index (χ1v) is 6.71. The smallest absolute Gasteiger partial charge is 0.328 e. The van der Waals surface area contributed by atoms with Crippen LogP contribution in [0.2, 0.25) is 5.02 Å². The molecule has 6 nitrogen and oxygen atoms in total. The molecule has 2 atom stereocenters. The number of carbonyl (C=O) groups is 2. The molecule has 116 valence electrons. The van der Waals surface area contributed by atoms with E-state index in [1.807, 2.05) is 0 Å². The molecule has 1 rings (SSSR count). The lowest BCUT2D eigenvalue weighted by Gasteiger charge is -2.29. The summed E-state index contributed by atoms with van der Waals surface area (Å²) < 4.78 is 4.85. The lowest BCUT2D eigenvalue weighted by atomic mass is 9.76. The Labute approximate surface area is 126 Å². The molecule has 0 aromatic heterocycles. The van der Waals surface area contributed by atoms with E-state index in [4.69, 9.17) is 21.4 Å². The molecular formula is C14H17ClO6. The van der Waals surface area contributed by atoms with Crippen LogP contribution in [0.5, 0.6) is 0 Å².